The molecular weight excluding hydrogens is 415 g/mol. The van der Waals surface area contributed by atoms with Gasteiger partial charge in [-0.25, -0.2) is 12.8 Å². The van der Waals surface area contributed by atoms with Crippen LogP contribution in [0, 0.1) is 12.7 Å². The molecule has 3 rings (SSSR count). The van der Waals surface area contributed by atoms with E-state index in [0.29, 0.717) is 35.2 Å². The minimum atomic E-state index is -3.05. The molecule has 29 heavy (non-hydrogen) atoms. The van der Waals surface area contributed by atoms with E-state index < -0.39 is 15.1 Å². The molecule has 1 aliphatic rings. The first kappa shape index (κ1) is 21.5. The highest BCUT2D eigenvalue weighted by Crippen LogP contribution is 2.31. The number of hydrogen-bond acceptors (Lipinski definition) is 6. The van der Waals surface area contributed by atoms with Gasteiger partial charge in [-0.3, -0.25) is 4.79 Å². The van der Waals surface area contributed by atoms with E-state index in [2.05, 4.69) is 22.1 Å². The molecule has 156 valence electrons. The standard InChI is InChI=1S/C19H23FN4O3S2/c1-4-8-24-17(14-7-9-29(26,27)11-14)22-23-19(24)28-13(3)18(25)21-15-6-5-12(2)16(20)10-15/h4-6,10,13-14H,1,7-9,11H2,2-3H3,(H,21,25). The minimum absolute atomic E-state index is 0.0575. The van der Waals surface area contributed by atoms with Gasteiger partial charge in [-0.1, -0.05) is 23.9 Å². The van der Waals surface area contributed by atoms with Crippen LogP contribution in [0.5, 0.6) is 0 Å². The number of sulfone groups is 1. The Bertz CT molecular complexity index is 1040. The molecule has 0 spiro atoms. The zero-order valence-electron chi connectivity index (χ0n) is 16.3. The molecule has 1 N–H and O–H groups in total. The molecule has 0 radical (unpaired) electrons. The number of aromatic nitrogens is 3. The van der Waals surface area contributed by atoms with Crippen LogP contribution in [0.1, 0.15) is 30.7 Å². The zero-order chi connectivity index (χ0) is 21.2. The molecule has 2 heterocycles. The van der Waals surface area contributed by atoms with E-state index in [1.54, 1.807) is 36.6 Å². The molecular formula is C19H23FN4O3S2. The summed E-state index contributed by atoms with van der Waals surface area (Å²) in [6.45, 7) is 7.53. The maximum Gasteiger partial charge on any atom is 0.237 e. The van der Waals surface area contributed by atoms with Crippen LogP contribution >= 0.6 is 11.8 Å². The molecule has 7 nitrogen and oxygen atoms in total. The number of hydrogen-bond donors (Lipinski definition) is 1. The predicted molar refractivity (Wildman–Crippen MR) is 111 cm³/mol. The Labute approximate surface area is 173 Å². The Hall–Kier alpha value is -2.20. The fourth-order valence-electron chi connectivity index (χ4n) is 3.11. The van der Waals surface area contributed by atoms with E-state index in [9.17, 15) is 17.6 Å². The Kier molecular flexibility index (Phi) is 6.42. The summed E-state index contributed by atoms with van der Waals surface area (Å²) in [6.07, 6.45) is 2.19. The summed E-state index contributed by atoms with van der Waals surface area (Å²) in [4.78, 5) is 12.5. The van der Waals surface area contributed by atoms with Crippen molar-refractivity contribution < 1.29 is 17.6 Å². The smallest absolute Gasteiger partial charge is 0.237 e. The number of benzene rings is 1. The first-order valence-electron chi connectivity index (χ1n) is 9.18. The fourth-order valence-corrected chi connectivity index (χ4v) is 5.72. The number of thioether (sulfide) groups is 1. The molecule has 2 aromatic rings. The second kappa shape index (κ2) is 8.66. The van der Waals surface area contributed by atoms with E-state index in [1.807, 2.05) is 0 Å². The normalized spacial score (nSPS) is 19.1. The van der Waals surface area contributed by atoms with E-state index in [0.717, 1.165) is 0 Å². The molecule has 0 saturated carbocycles. The summed E-state index contributed by atoms with van der Waals surface area (Å²) in [7, 11) is -3.05. The third-order valence-corrected chi connectivity index (χ3v) is 7.59. The number of carbonyl (C=O) groups is 1. The van der Waals surface area contributed by atoms with Crippen molar-refractivity contribution in [3.8, 4) is 0 Å². The van der Waals surface area contributed by atoms with Gasteiger partial charge in [0.1, 0.15) is 11.6 Å². The second-order valence-electron chi connectivity index (χ2n) is 7.05. The Morgan fingerprint density at radius 2 is 2.24 bits per heavy atom. The topological polar surface area (TPSA) is 93.9 Å². The van der Waals surface area contributed by atoms with Crippen molar-refractivity contribution in [2.75, 3.05) is 16.8 Å². The minimum Gasteiger partial charge on any atom is -0.325 e. The van der Waals surface area contributed by atoms with Gasteiger partial charge in [-0.05, 0) is 38.0 Å². The summed E-state index contributed by atoms with van der Waals surface area (Å²) in [5, 5.41) is 11.1. The molecule has 1 amide bonds. The third-order valence-electron chi connectivity index (χ3n) is 4.75. The second-order valence-corrected chi connectivity index (χ2v) is 10.6. The van der Waals surface area contributed by atoms with Crippen LogP contribution in [0.15, 0.2) is 36.0 Å². The van der Waals surface area contributed by atoms with Gasteiger partial charge in [-0.2, -0.15) is 0 Å². The van der Waals surface area contributed by atoms with Crippen molar-refractivity contribution in [1.29, 1.82) is 0 Å². The van der Waals surface area contributed by atoms with Crippen molar-refractivity contribution in [2.45, 2.75) is 43.1 Å². The van der Waals surface area contributed by atoms with Gasteiger partial charge in [0.05, 0.1) is 16.8 Å². The third kappa shape index (κ3) is 5.05. The Morgan fingerprint density at radius 1 is 1.48 bits per heavy atom. The van der Waals surface area contributed by atoms with Crippen molar-refractivity contribution >= 4 is 33.2 Å². The summed E-state index contributed by atoms with van der Waals surface area (Å²) in [5.74, 6) is -0.0841. The van der Waals surface area contributed by atoms with Crippen molar-refractivity contribution in [3.05, 3.63) is 48.1 Å². The highest BCUT2D eigenvalue weighted by Gasteiger charge is 2.33. The van der Waals surface area contributed by atoms with Crippen molar-refractivity contribution in [2.24, 2.45) is 0 Å². The highest BCUT2D eigenvalue weighted by atomic mass is 32.2. The molecule has 1 aromatic heterocycles. The fraction of sp³-hybridized carbons (Fsp3) is 0.421. The molecule has 2 unspecified atom stereocenters. The molecule has 0 bridgehead atoms. The summed E-state index contributed by atoms with van der Waals surface area (Å²) in [6, 6.07) is 4.53. The predicted octanol–water partition coefficient (Wildman–Crippen LogP) is 2.93. The average molecular weight is 439 g/mol. The van der Waals surface area contributed by atoms with E-state index >= 15 is 0 Å². The van der Waals surface area contributed by atoms with Crippen molar-refractivity contribution in [1.82, 2.24) is 14.8 Å². The Balaban J connectivity index is 1.73. The number of nitrogens with zero attached hydrogens (tertiary/aromatic N) is 3. The largest absolute Gasteiger partial charge is 0.325 e. The van der Waals surface area contributed by atoms with Gasteiger partial charge in [0.15, 0.2) is 15.0 Å². The van der Waals surface area contributed by atoms with Crippen LogP contribution < -0.4 is 5.32 Å². The number of rotatable bonds is 7. The van der Waals surface area contributed by atoms with E-state index in [1.165, 1.54) is 17.8 Å². The maximum atomic E-state index is 13.7. The van der Waals surface area contributed by atoms with Gasteiger partial charge >= 0.3 is 0 Å². The molecule has 1 aromatic carbocycles. The lowest BCUT2D eigenvalue weighted by molar-refractivity contribution is -0.115. The van der Waals surface area contributed by atoms with Crippen LogP contribution in [-0.4, -0.2) is 45.8 Å². The lowest BCUT2D eigenvalue weighted by Gasteiger charge is -2.14. The van der Waals surface area contributed by atoms with Gasteiger partial charge in [0, 0.05) is 18.2 Å². The summed E-state index contributed by atoms with van der Waals surface area (Å²) in [5.41, 5.74) is 0.888. The number of allylic oxidation sites excluding steroid dienone is 1. The number of aryl methyl sites for hydroxylation is 1. The van der Waals surface area contributed by atoms with E-state index in [4.69, 9.17) is 0 Å². The molecule has 1 saturated heterocycles. The van der Waals surface area contributed by atoms with Crippen LogP contribution in [0.4, 0.5) is 10.1 Å². The van der Waals surface area contributed by atoms with E-state index in [-0.39, 0.29) is 29.1 Å². The first-order valence-corrected chi connectivity index (χ1v) is 11.9. The Morgan fingerprint density at radius 3 is 2.86 bits per heavy atom. The zero-order valence-corrected chi connectivity index (χ0v) is 17.9. The van der Waals surface area contributed by atoms with Crippen LogP contribution in [-0.2, 0) is 21.2 Å². The number of anilines is 1. The quantitative estimate of drug-likeness (QED) is 0.528. The summed E-state index contributed by atoms with van der Waals surface area (Å²) < 4.78 is 39.1. The number of amides is 1. The molecule has 2 atom stereocenters. The number of carbonyl (C=O) groups excluding carboxylic acids is 1. The highest BCUT2D eigenvalue weighted by molar-refractivity contribution is 8.00. The van der Waals surface area contributed by atoms with Crippen LogP contribution in [0.25, 0.3) is 0 Å². The number of halogens is 1. The molecule has 1 aliphatic heterocycles. The number of nitrogens with one attached hydrogen (secondary N) is 1. The van der Waals surface area contributed by atoms with Gasteiger partial charge in [-0.15, -0.1) is 16.8 Å². The monoisotopic (exact) mass is 438 g/mol. The van der Waals surface area contributed by atoms with Gasteiger partial charge in [0.2, 0.25) is 5.91 Å². The van der Waals surface area contributed by atoms with Gasteiger partial charge < -0.3 is 9.88 Å². The maximum absolute atomic E-state index is 13.7. The lowest BCUT2D eigenvalue weighted by Crippen LogP contribution is -2.23. The molecule has 10 heteroatoms. The molecule has 0 aliphatic carbocycles. The average Bonchev–Trinajstić information content (AvgIpc) is 3.21. The van der Waals surface area contributed by atoms with Crippen molar-refractivity contribution in [3.63, 3.8) is 0 Å². The van der Waals surface area contributed by atoms with Crippen LogP contribution in [0.3, 0.4) is 0 Å². The SMILES string of the molecule is C=CCn1c(SC(C)C(=O)Nc2ccc(C)c(F)c2)nnc1C1CCS(=O)(=O)C1. The molecule has 1 fully saturated rings. The van der Waals surface area contributed by atoms with Gasteiger partial charge in [0.25, 0.3) is 0 Å². The van der Waals surface area contributed by atoms with Crippen LogP contribution in [0.2, 0.25) is 0 Å². The summed E-state index contributed by atoms with van der Waals surface area (Å²) >= 11 is 1.21. The lowest BCUT2D eigenvalue weighted by atomic mass is 10.1. The first-order chi connectivity index (χ1) is 13.7.